The Morgan fingerprint density at radius 1 is 1.43 bits per heavy atom. The molecule has 5 nitrogen and oxygen atoms in total. The summed E-state index contributed by atoms with van der Waals surface area (Å²) in [6.07, 6.45) is 5.96. The van der Waals surface area contributed by atoms with E-state index in [0.29, 0.717) is 17.4 Å². The van der Waals surface area contributed by atoms with Crippen LogP contribution in [0, 0.1) is 0 Å². The van der Waals surface area contributed by atoms with Crippen LogP contribution in [0.3, 0.4) is 0 Å². The molecule has 0 aliphatic heterocycles. The van der Waals surface area contributed by atoms with Crippen LogP contribution in [0.15, 0.2) is 18.3 Å². The summed E-state index contributed by atoms with van der Waals surface area (Å²) in [6.45, 7) is 0.668. The lowest BCUT2D eigenvalue weighted by molar-refractivity contribution is -0.132. The van der Waals surface area contributed by atoms with Crippen LogP contribution in [0.2, 0.25) is 5.02 Å². The predicted octanol–water partition coefficient (Wildman–Crippen LogP) is 1.93. The van der Waals surface area contributed by atoms with Gasteiger partial charge in [0.2, 0.25) is 5.91 Å². The molecule has 0 radical (unpaired) electrons. The van der Waals surface area contributed by atoms with Gasteiger partial charge in [-0.3, -0.25) is 4.79 Å². The molecular weight excluding hydrogens is 290 g/mol. The lowest BCUT2D eigenvalue weighted by Gasteiger charge is -2.30. The summed E-state index contributed by atoms with van der Waals surface area (Å²) in [5, 5.41) is 9.77. The van der Waals surface area contributed by atoms with Crippen LogP contribution in [-0.2, 0) is 4.79 Å². The number of hydrogen-bond acceptors (Lipinski definition) is 4. The molecule has 1 amide bonds. The first-order valence-electron chi connectivity index (χ1n) is 7.35. The first kappa shape index (κ1) is 16.0. The van der Waals surface area contributed by atoms with Crippen LogP contribution >= 0.6 is 11.6 Å². The van der Waals surface area contributed by atoms with Gasteiger partial charge in [0.05, 0.1) is 18.2 Å². The number of anilines is 1. The van der Waals surface area contributed by atoms with E-state index in [9.17, 15) is 9.90 Å². The first-order chi connectivity index (χ1) is 10.1. The molecule has 1 aliphatic carbocycles. The smallest absolute Gasteiger partial charge is 0.242 e. The highest BCUT2D eigenvalue weighted by atomic mass is 35.5. The number of carbonyl (C=O) groups excluding carboxylic acids is 1. The van der Waals surface area contributed by atoms with E-state index in [2.05, 4.69) is 4.98 Å². The van der Waals surface area contributed by atoms with Crippen molar-refractivity contribution in [3.05, 3.63) is 23.4 Å². The zero-order valence-electron chi connectivity index (χ0n) is 12.3. The number of aromatic nitrogens is 1. The second kappa shape index (κ2) is 7.61. The topological polar surface area (TPSA) is 56.7 Å². The van der Waals surface area contributed by atoms with Crippen molar-refractivity contribution in [1.29, 1.82) is 0 Å². The second-order valence-electron chi connectivity index (χ2n) is 5.44. The number of likely N-dealkylation sites (N-methyl/N-ethyl adjacent to an activating group) is 1. The molecule has 0 atom stereocenters. The molecular formula is C15H22ClN3O2. The molecule has 1 fully saturated rings. The van der Waals surface area contributed by atoms with E-state index in [4.69, 9.17) is 11.6 Å². The summed E-state index contributed by atoms with van der Waals surface area (Å²) in [5.74, 6) is 0.748. The molecule has 1 aliphatic rings. The average molecular weight is 312 g/mol. The SMILES string of the molecule is CN(CC(=O)N(CCO)C1CCCC1)c1ccc(Cl)cn1. The van der Waals surface area contributed by atoms with Gasteiger partial charge in [-0.1, -0.05) is 24.4 Å². The third kappa shape index (κ3) is 4.32. The highest BCUT2D eigenvalue weighted by molar-refractivity contribution is 6.30. The fourth-order valence-electron chi connectivity index (χ4n) is 2.80. The number of hydrogen-bond donors (Lipinski definition) is 1. The summed E-state index contributed by atoms with van der Waals surface area (Å²) in [5.41, 5.74) is 0. The minimum atomic E-state index is 0.00511. The van der Waals surface area contributed by atoms with Gasteiger partial charge < -0.3 is 14.9 Å². The summed E-state index contributed by atoms with van der Waals surface area (Å²) in [4.78, 5) is 20.3. The van der Waals surface area contributed by atoms with Gasteiger partial charge in [-0.15, -0.1) is 0 Å². The highest BCUT2D eigenvalue weighted by Crippen LogP contribution is 2.23. The maximum atomic E-state index is 12.5. The van der Waals surface area contributed by atoms with Crippen LogP contribution in [0.4, 0.5) is 5.82 Å². The van der Waals surface area contributed by atoms with E-state index in [1.165, 1.54) is 0 Å². The van der Waals surface area contributed by atoms with E-state index in [1.807, 2.05) is 11.9 Å². The Kier molecular flexibility index (Phi) is 5.82. The molecule has 1 N–H and O–H groups in total. The van der Waals surface area contributed by atoms with Crippen molar-refractivity contribution < 1.29 is 9.90 Å². The van der Waals surface area contributed by atoms with E-state index >= 15 is 0 Å². The Labute approximate surface area is 130 Å². The molecule has 0 saturated heterocycles. The average Bonchev–Trinajstić information content (AvgIpc) is 2.99. The number of amides is 1. The minimum Gasteiger partial charge on any atom is -0.395 e. The molecule has 1 heterocycles. The number of pyridine rings is 1. The molecule has 1 aromatic heterocycles. The summed E-state index contributed by atoms with van der Waals surface area (Å²) < 4.78 is 0. The van der Waals surface area contributed by atoms with Gasteiger partial charge >= 0.3 is 0 Å². The van der Waals surface area contributed by atoms with Crippen molar-refractivity contribution >= 4 is 23.3 Å². The molecule has 0 unspecified atom stereocenters. The summed E-state index contributed by atoms with van der Waals surface area (Å²) in [7, 11) is 1.83. The van der Waals surface area contributed by atoms with Gasteiger partial charge in [-0.25, -0.2) is 4.98 Å². The van der Waals surface area contributed by atoms with Crippen LogP contribution in [0.5, 0.6) is 0 Å². The van der Waals surface area contributed by atoms with Crippen molar-refractivity contribution in [3.8, 4) is 0 Å². The third-order valence-corrected chi connectivity index (χ3v) is 4.13. The quantitative estimate of drug-likeness (QED) is 0.872. The van der Waals surface area contributed by atoms with Crippen molar-refractivity contribution in [2.45, 2.75) is 31.7 Å². The lowest BCUT2D eigenvalue weighted by atomic mass is 10.2. The van der Waals surface area contributed by atoms with Crippen molar-refractivity contribution in [2.24, 2.45) is 0 Å². The van der Waals surface area contributed by atoms with Crippen molar-refractivity contribution in [2.75, 3.05) is 31.6 Å². The van der Waals surface area contributed by atoms with Gasteiger partial charge in [0.25, 0.3) is 0 Å². The zero-order chi connectivity index (χ0) is 15.2. The van der Waals surface area contributed by atoms with Gasteiger partial charge in [-0.05, 0) is 25.0 Å². The number of nitrogens with zero attached hydrogens (tertiary/aromatic N) is 3. The molecule has 1 saturated carbocycles. The molecule has 0 bridgehead atoms. The first-order valence-corrected chi connectivity index (χ1v) is 7.72. The van der Waals surface area contributed by atoms with Crippen molar-refractivity contribution in [1.82, 2.24) is 9.88 Å². The minimum absolute atomic E-state index is 0.00511. The van der Waals surface area contributed by atoms with E-state index in [1.54, 1.807) is 23.2 Å². The van der Waals surface area contributed by atoms with Gasteiger partial charge in [-0.2, -0.15) is 0 Å². The standard InChI is InChI=1S/C15H22ClN3O2/c1-18(14-7-6-12(16)10-17-14)11-15(21)19(8-9-20)13-4-2-3-5-13/h6-7,10,13,20H,2-5,8-9,11H2,1H3. The predicted molar refractivity (Wildman–Crippen MR) is 83.6 cm³/mol. The van der Waals surface area contributed by atoms with Gasteiger partial charge in [0.15, 0.2) is 0 Å². The Morgan fingerprint density at radius 3 is 2.71 bits per heavy atom. The largest absolute Gasteiger partial charge is 0.395 e. The molecule has 2 rings (SSSR count). The monoisotopic (exact) mass is 311 g/mol. The molecule has 0 aromatic carbocycles. The Bertz CT molecular complexity index is 460. The molecule has 21 heavy (non-hydrogen) atoms. The van der Waals surface area contributed by atoms with Crippen LogP contribution in [0.1, 0.15) is 25.7 Å². The normalized spacial score (nSPS) is 15.2. The third-order valence-electron chi connectivity index (χ3n) is 3.90. The number of rotatable bonds is 6. The van der Waals surface area contributed by atoms with E-state index in [-0.39, 0.29) is 25.1 Å². The Hall–Kier alpha value is -1.33. The maximum Gasteiger partial charge on any atom is 0.242 e. The number of halogens is 1. The van der Waals surface area contributed by atoms with Gasteiger partial charge in [0.1, 0.15) is 5.82 Å². The van der Waals surface area contributed by atoms with Crippen molar-refractivity contribution in [3.63, 3.8) is 0 Å². The number of aliphatic hydroxyl groups excluding tert-OH is 1. The second-order valence-corrected chi connectivity index (χ2v) is 5.88. The Morgan fingerprint density at radius 2 is 2.14 bits per heavy atom. The van der Waals surface area contributed by atoms with E-state index in [0.717, 1.165) is 25.7 Å². The molecule has 6 heteroatoms. The molecule has 1 aromatic rings. The fraction of sp³-hybridized carbons (Fsp3) is 0.600. The number of aliphatic hydroxyl groups is 1. The molecule has 0 spiro atoms. The molecule has 116 valence electrons. The van der Waals surface area contributed by atoms with Crippen LogP contribution < -0.4 is 4.90 Å². The summed E-state index contributed by atoms with van der Waals surface area (Å²) >= 11 is 5.82. The van der Waals surface area contributed by atoms with E-state index < -0.39 is 0 Å². The van der Waals surface area contributed by atoms with Gasteiger partial charge in [0, 0.05) is 25.8 Å². The Balaban J connectivity index is 1.98. The highest BCUT2D eigenvalue weighted by Gasteiger charge is 2.26. The number of carbonyl (C=O) groups is 1. The maximum absolute atomic E-state index is 12.5. The van der Waals surface area contributed by atoms with Crippen LogP contribution in [0.25, 0.3) is 0 Å². The fourth-order valence-corrected chi connectivity index (χ4v) is 2.91. The summed E-state index contributed by atoms with van der Waals surface area (Å²) in [6, 6.07) is 3.82. The zero-order valence-corrected chi connectivity index (χ0v) is 13.1. The van der Waals surface area contributed by atoms with Crippen LogP contribution in [-0.4, -0.2) is 53.7 Å². The lowest BCUT2D eigenvalue weighted by Crippen LogP contribution is -2.45.